The van der Waals surface area contributed by atoms with E-state index < -0.39 is 0 Å². The first-order valence-corrected chi connectivity index (χ1v) is 7.27. The summed E-state index contributed by atoms with van der Waals surface area (Å²) >= 11 is 12.1. The van der Waals surface area contributed by atoms with Gasteiger partial charge in [0.25, 0.3) is 0 Å². The maximum atomic E-state index is 6.11. The van der Waals surface area contributed by atoms with Gasteiger partial charge in [0.2, 0.25) is 0 Å². The van der Waals surface area contributed by atoms with Crippen LogP contribution >= 0.6 is 23.2 Å². The molecule has 106 valence electrons. The number of para-hydroxylation sites is 1. The second-order valence-electron chi connectivity index (χ2n) is 4.37. The Hall–Kier alpha value is -1.22. The second-order valence-corrected chi connectivity index (χ2v) is 5.18. The summed E-state index contributed by atoms with van der Waals surface area (Å²) in [6, 6.07) is 13.7. The minimum absolute atomic E-state index is 0.00696. The summed E-state index contributed by atoms with van der Waals surface area (Å²) in [7, 11) is 1.91. The van der Waals surface area contributed by atoms with E-state index in [1.807, 2.05) is 50.4 Å². The zero-order valence-corrected chi connectivity index (χ0v) is 13.0. The average molecular weight is 310 g/mol. The molecule has 0 aliphatic rings. The molecule has 0 saturated carbocycles. The predicted octanol–water partition coefficient (Wildman–Crippen LogP) is 4.70. The molecule has 0 spiro atoms. The number of benzene rings is 2. The molecular formula is C16H17Cl2NO. The summed E-state index contributed by atoms with van der Waals surface area (Å²) < 4.78 is 5.70. The van der Waals surface area contributed by atoms with Crippen LogP contribution in [0.3, 0.4) is 0 Å². The molecule has 0 aliphatic heterocycles. The standard InChI is InChI=1S/C16H17Cl2NO/c1-3-20-15-7-5-4-6-12(15)16(19-2)11-8-9-13(17)14(18)10-11/h4-10,16,19H,3H2,1-2H3. The largest absolute Gasteiger partial charge is 0.494 e. The highest BCUT2D eigenvalue weighted by Crippen LogP contribution is 2.32. The van der Waals surface area contributed by atoms with Gasteiger partial charge in [-0.05, 0) is 37.7 Å². The third-order valence-electron chi connectivity index (χ3n) is 3.10. The third kappa shape index (κ3) is 3.26. The van der Waals surface area contributed by atoms with Gasteiger partial charge in [-0.25, -0.2) is 0 Å². The van der Waals surface area contributed by atoms with Crippen molar-refractivity contribution < 1.29 is 4.74 Å². The lowest BCUT2D eigenvalue weighted by Crippen LogP contribution is -2.18. The lowest BCUT2D eigenvalue weighted by molar-refractivity contribution is 0.334. The van der Waals surface area contributed by atoms with E-state index in [-0.39, 0.29) is 6.04 Å². The molecule has 2 nitrogen and oxygen atoms in total. The summed E-state index contributed by atoms with van der Waals surface area (Å²) in [5.74, 6) is 0.875. The van der Waals surface area contributed by atoms with Gasteiger partial charge in [-0.15, -0.1) is 0 Å². The molecule has 0 saturated heterocycles. The van der Waals surface area contributed by atoms with Crippen molar-refractivity contribution in [2.24, 2.45) is 0 Å². The third-order valence-corrected chi connectivity index (χ3v) is 3.83. The van der Waals surface area contributed by atoms with Gasteiger partial charge in [0.1, 0.15) is 5.75 Å². The number of hydrogen-bond donors (Lipinski definition) is 1. The minimum Gasteiger partial charge on any atom is -0.494 e. The van der Waals surface area contributed by atoms with Crippen molar-refractivity contribution in [2.75, 3.05) is 13.7 Å². The van der Waals surface area contributed by atoms with Crippen LogP contribution in [0.5, 0.6) is 5.75 Å². The van der Waals surface area contributed by atoms with Crippen LogP contribution in [0.1, 0.15) is 24.1 Å². The van der Waals surface area contributed by atoms with E-state index in [0.29, 0.717) is 16.7 Å². The predicted molar refractivity (Wildman–Crippen MR) is 85.0 cm³/mol. The van der Waals surface area contributed by atoms with Crippen LogP contribution in [-0.4, -0.2) is 13.7 Å². The Bertz CT molecular complexity index is 586. The van der Waals surface area contributed by atoms with E-state index in [0.717, 1.165) is 16.9 Å². The fourth-order valence-corrected chi connectivity index (χ4v) is 2.51. The molecule has 2 aromatic carbocycles. The zero-order valence-electron chi connectivity index (χ0n) is 11.5. The van der Waals surface area contributed by atoms with Crippen molar-refractivity contribution in [3.8, 4) is 5.75 Å². The highest BCUT2D eigenvalue weighted by Gasteiger charge is 2.17. The number of halogens is 2. The van der Waals surface area contributed by atoms with Gasteiger partial charge >= 0.3 is 0 Å². The van der Waals surface area contributed by atoms with Gasteiger partial charge in [0.05, 0.1) is 22.7 Å². The van der Waals surface area contributed by atoms with Crippen molar-refractivity contribution in [1.82, 2.24) is 5.32 Å². The minimum atomic E-state index is 0.00696. The van der Waals surface area contributed by atoms with E-state index >= 15 is 0 Å². The topological polar surface area (TPSA) is 21.3 Å². The van der Waals surface area contributed by atoms with Crippen molar-refractivity contribution in [1.29, 1.82) is 0 Å². The molecule has 0 aliphatic carbocycles. The molecule has 0 amide bonds. The molecule has 0 aromatic heterocycles. The molecule has 1 unspecified atom stereocenters. The molecule has 1 N–H and O–H groups in total. The molecule has 2 aromatic rings. The first-order chi connectivity index (χ1) is 9.67. The Labute approximate surface area is 129 Å². The monoisotopic (exact) mass is 309 g/mol. The quantitative estimate of drug-likeness (QED) is 0.864. The van der Waals surface area contributed by atoms with Crippen LogP contribution in [0.4, 0.5) is 0 Å². The van der Waals surface area contributed by atoms with E-state index in [4.69, 9.17) is 27.9 Å². The van der Waals surface area contributed by atoms with Crippen molar-refractivity contribution in [3.05, 3.63) is 63.6 Å². The van der Waals surface area contributed by atoms with Crippen LogP contribution < -0.4 is 10.1 Å². The van der Waals surface area contributed by atoms with Crippen LogP contribution in [0.25, 0.3) is 0 Å². The SMILES string of the molecule is CCOc1ccccc1C(NC)c1ccc(Cl)c(Cl)c1. The summed E-state index contributed by atoms with van der Waals surface area (Å²) in [5.41, 5.74) is 2.13. The fraction of sp³-hybridized carbons (Fsp3) is 0.250. The number of hydrogen-bond acceptors (Lipinski definition) is 2. The van der Waals surface area contributed by atoms with Gasteiger partial charge in [-0.3, -0.25) is 0 Å². The Morgan fingerprint density at radius 2 is 1.85 bits per heavy atom. The molecule has 0 heterocycles. The number of ether oxygens (including phenoxy) is 1. The van der Waals surface area contributed by atoms with E-state index in [1.165, 1.54) is 0 Å². The summed E-state index contributed by atoms with van der Waals surface area (Å²) in [5, 5.41) is 4.41. The number of nitrogens with one attached hydrogen (secondary N) is 1. The highest BCUT2D eigenvalue weighted by atomic mass is 35.5. The fourth-order valence-electron chi connectivity index (χ4n) is 2.20. The van der Waals surface area contributed by atoms with Gasteiger partial charge < -0.3 is 10.1 Å². The maximum absolute atomic E-state index is 6.11. The lowest BCUT2D eigenvalue weighted by Gasteiger charge is -2.20. The molecule has 1 atom stereocenters. The van der Waals surface area contributed by atoms with Gasteiger partial charge in [-0.1, -0.05) is 47.5 Å². The van der Waals surface area contributed by atoms with Crippen LogP contribution in [-0.2, 0) is 0 Å². The van der Waals surface area contributed by atoms with Gasteiger partial charge in [0.15, 0.2) is 0 Å². The highest BCUT2D eigenvalue weighted by molar-refractivity contribution is 6.42. The average Bonchev–Trinajstić information content (AvgIpc) is 2.45. The molecule has 0 radical (unpaired) electrons. The Kier molecular flexibility index (Phi) is 5.30. The van der Waals surface area contributed by atoms with Crippen molar-refractivity contribution in [3.63, 3.8) is 0 Å². The maximum Gasteiger partial charge on any atom is 0.124 e. The Morgan fingerprint density at radius 3 is 2.50 bits per heavy atom. The van der Waals surface area contributed by atoms with Gasteiger partial charge in [0, 0.05) is 5.56 Å². The van der Waals surface area contributed by atoms with Crippen LogP contribution in [0, 0.1) is 0 Å². The smallest absolute Gasteiger partial charge is 0.124 e. The molecule has 0 bridgehead atoms. The summed E-state index contributed by atoms with van der Waals surface area (Å²) in [6.45, 7) is 2.61. The normalized spacial score (nSPS) is 12.2. The molecule has 2 rings (SSSR count). The van der Waals surface area contributed by atoms with Crippen molar-refractivity contribution in [2.45, 2.75) is 13.0 Å². The summed E-state index contributed by atoms with van der Waals surface area (Å²) in [6.07, 6.45) is 0. The van der Waals surface area contributed by atoms with Crippen LogP contribution in [0.15, 0.2) is 42.5 Å². The first kappa shape index (κ1) is 15.2. The molecule has 4 heteroatoms. The van der Waals surface area contributed by atoms with E-state index in [9.17, 15) is 0 Å². The zero-order chi connectivity index (χ0) is 14.5. The number of rotatable bonds is 5. The molecular weight excluding hydrogens is 293 g/mol. The van der Waals surface area contributed by atoms with E-state index in [1.54, 1.807) is 0 Å². The van der Waals surface area contributed by atoms with Crippen LogP contribution in [0.2, 0.25) is 10.0 Å². The second kappa shape index (κ2) is 6.98. The lowest BCUT2D eigenvalue weighted by atomic mass is 9.98. The van der Waals surface area contributed by atoms with Crippen molar-refractivity contribution >= 4 is 23.2 Å². The Morgan fingerprint density at radius 1 is 1.10 bits per heavy atom. The van der Waals surface area contributed by atoms with Gasteiger partial charge in [-0.2, -0.15) is 0 Å². The summed E-state index contributed by atoms with van der Waals surface area (Å²) in [4.78, 5) is 0. The Balaban J connectivity index is 2.44. The van der Waals surface area contributed by atoms with E-state index in [2.05, 4.69) is 11.4 Å². The molecule has 0 fully saturated rings. The first-order valence-electron chi connectivity index (χ1n) is 6.51. The molecule has 20 heavy (non-hydrogen) atoms.